The lowest BCUT2D eigenvalue weighted by atomic mass is 10.1. The van der Waals surface area contributed by atoms with Crippen LogP contribution in [0.5, 0.6) is 0 Å². The van der Waals surface area contributed by atoms with Crippen LogP contribution in [0.2, 0.25) is 0 Å². The molecular formula is C13H17BrN2O2. The van der Waals surface area contributed by atoms with E-state index in [1.54, 1.807) is 19.2 Å². The number of hydrogen-bond donors (Lipinski definition) is 1. The second-order valence-electron chi connectivity index (χ2n) is 4.22. The molecule has 0 aromatic heterocycles. The molecule has 0 fully saturated rings. The monoisotopic (exact) mass is 312 g/mol. The Morgan fingerprint density at radius 1 is 1.56 bits per heavy atom. The fraction of sp³-hybridized carbons (Fsp3) is 0.385. The van der Waals surface area contributed by atoms with Gasteiger partial charge in [-0.1, -0.05) is 6.92 Å². The molecule has 0 radical (unpaired) electrons. The minimum atomic E-state index is -0.0994. The first kappa shape index (κ1) is 14.7. The van der Waals surface area contributed by atoms with Gasteiger partial charge in [-0.2, -0.15) is 0 Å². The lowest BCUT2D eigenvalue weighted by Gasteiger charge is -2.23. The van der Waals surface area contributed by atoms with Crippen molar-refractivity contribution in [1.29, 1.82) is 0 Å². The average Bonchev–Trinajstić information content (AvgIpc) is 2.37. The van der Waals surface area contributed by atoms with E-state index in [9.17, 15) is 9.59 Å². The van der Waals surface area contributed by atoms with Crippen LogP contribution in [0.3, 0.4) is 0 Å². The zero-order chi connectivity index (χ0) is 13.7. The summed E-state index contributed by atoms with van der Waals surface area (Å²) in [6, 6.07) is 5.39. The van der Waals surface area contributed by atoms with Crippen LogP contribution in [0.25, 0.3) is 0 Å². The van der Waals surface area contributed by atoms with E-state index >= 15 is 0 Å². The van der Waals surface area contributed by atoms with Crippen LogP contribution in [-0.2, 0) is 4.79 Å². The fourth-order valence-corrected chi connectivity index (χ4v) is 2.44. The fourth-order valence-electron chi connectivity index (χ4n) is 1.74. The SMILES string of the molecule is CNC(=O)C(C)CN(C)c1ccc(C=O)cc1Br. The Bertz CT molecular complexity index is 449. The van der Waals surface area contributed by atoms with Crippen molar-refractivity contribution in [3.63, 3.8) is 0 Å². The van der Waals surface area contributed by atoms with Crippen molar-refractivity contribution < 1.29 is 9.59 Å². The Labute approximate surface area is 115 Å². The first-order valence-electron chi connectivity index (χ1n) is 5.67. The number of hydrogen-bond acceptors (Lipinski definition) is 3. The number of benzene rings is 1. The van der Waals surface area contributed by atoms with Gasteiger partial charge in [-0.25, -0.2) is 0 Å². The summed E-state index contributed by atoms with van der Waals surface area (Å²) in [6.45, 7) is 2.49. The summed E-state index contributed by atoms with van der Waals surface area (Å²) in [5, 5.41) is 2.63. The van der Waals surface area contributed by atoms with Gasteiger partial charge in [0.05, 0.1) is 11.6 Å². The molecule has 1 aromatic carbocycles. The smallest absolute Gasteiger partial charge is 0.224 e. The van der Waals surface area contributed by atoms with E-state index in [4.69, 9.17) is 0 Å². The van der Waals surface area contributed by atoms with Gasteiger partial charge in [0.25, 0.3) is 0 Å². The molecule has 1 aromatic rings. The summed E-state index contributed by atoms with van der Waals surface area (Å²) in [6.07, 6.45) is 0.807. The molecule has 5 heteroatoms. The Morgan fingerprint density at radius 2 is 2.22 bits per heavy atom. The van der Waals surface area contributed by atoms with E-state index < -0.39 is 0 Å². The van der Waals surface area contributed by atoms with Gasteiger partial charge in [0.2, 0.25) is 5.91 Å². The predicted octanol–water partition coefficient (Wildman–Crippen LogP) is 2.08. The van der Waals surface area contributed by atoms with Crippen LogP contribution in [0, 0.1) is 5.92 Å². The normalized spacial score (nSPS) is 11.8. The Morgan fingerprint density at radius 3 is 2.72 bits per heavy atom. The van der Waals surface area contributed by atoms with E-state index in [1.807, 2.05) is 24.9 Å². The molecule has 1 atom stereocenters. The van der Waals surface area contributed by atoms with Crippen molar-refractivity contribution in [3.05, 3.63) is 28.2 Å². The van der Waals surface area contributed by atoms with Gasteiger partial charge in [0, 0.05) is 30.7 Å². The maximum Gasteiger partial charge on any atom is 0.224 e. The Hall–Kier alpha value is -1.36. The summed E-state index contributed by atoms with van der Waals surface area (Å²) >= 11 is 3.43. The molecule has 4 nitrogen and oxygen atoms in total. The summed E-state index contributed by atoms with van der Waals surface area (Å²) in [7, 11) is 3.55. The highest BCUT2D eigenvalue weighted by Crippen LogP contribution is 2.26. The number of halogens is 1. The maximum atomic E-state index is 11.5. The van der Waals surface area contributed by atoms with Crippen LogP contribution in [-0.4, -0.2) is 32.8 Å². The highest BCUT2D eigenvalue weighted by Gasteiger charge is 2.15. The van der Waals surface area contributed by atoms with Crippen LogP contribution < -0.4 is 10.2 Å². The third kappa shape index (κ3) is 3.57. The molecule has 0 saturated carbocycles. The topological polar surface area (TPSA) is 49.4 Å². The first-order valence-corrected chi connectivity index (χ1v) is 6.46. The van der Waals surface area contributed by atoms with Crippen LogP contribution in [0.15, 0.2) is 22.7 Å². The number of nitrogens with one attached hydrogen (secondary N) is 1. The average molecular weight is 313 g/mol. The molecule has 0 aliphatic carbocycles. The molecule has 0 bridgehead atoms. The quantitative estimate of drug-likeness (QED) is 0.847. The molecule has 0 aliphatic rings. The Kier molecular flexibility index (Phi) is 5.34. The summed E-state index contributed by atoms with van der Waals surface area (Å²) in [4.78, 5) is 24.1. The van der Waals surface area contributed by atoms with Crippen molar-refractivity contribution in [2.24, 2.45) is 5.92 Å². The van der Waals surface area contributed by atoms with E-state index in [-0.39, 0.29) is 11.8 Å². The third-order valence-corrected chi connectivity index (χ3v) is 3.40. The molecule has 0 heterocycles. The van der Waals surface area contributed by atoms with Crippen LogP contribution >= 0.6 is 15.9 Å². The van der Waals surface area contributed by atoms with Crippen molar-refractivity contribution in [2.45, 2.75) is 6.92 Å². The first-order chi connectivity index (χ1) is 8.49. The van der Waals surface area contributed by atoms with Crippen molar-refractivity contribution >= 4 is 33.8 Å². The molecule has 1 unspecified atom stereocenters. The lowest BCUT2D eigenvalue weighted by molar-refractivity contribution is -0.123. The molecule has 1 amide bonds. The standard InChI is InChI=1S/C13H17BrN2O2/c1-9(13(18)15-2)7-16(3)12-5-4-10(8-17)6-11(12)14/h4-6,8-9H,7H2,1-3H3,(H,15,18). The van der Waals surface area contributed by atoms with E-state index in [2.05, 4.69) is 21.2 Å². The second-order valence-corrected chi connectivity index (χ2v) is 5.08. The number of nitrogens with zero attached hydrogens (tertiary/aromatic N) is 1. The minimum absolute atomic E-state index is 0.0162. The number of aldehydes is 1. The highest BCUT2D eigenvalue weighted by atomic mass is 79.9. The molecule has 0 saturated heterocycles. The molecule has 1 rings (SSSR count). The molecule has 0 aliphatic heterocycles. The zero-order valence-corrected chi connectivity index (χ0v) is 12.3. The molecule has 1 N–H and O–H groups in total. The number of anilines is 1. The van der Waals surface area contributed by atoms with Gasteiger partial charge in [-0.05, 0) is 34.1 Å². The van der Waals surface area contributed by atoms with Gasteiger partial charge in [0.15, 0.2) is 0 Å². The molecule has 18 heavy (non-hydrogen) atoms. The summed E-state index contributed by atoms with van der Waals surface area (Å²) in [5.41, 5.74) is 1.58. The number of amides is 1. The van der Waals surface area contributed by atoms with Gasteiger partial charge < -0.3 is 10.2 Å². The largest absolute Gasteiger partial charge is 0.373 e. The van der Waals surface area contributed by atoms with Gasteiger partial charge in [-0.15, -0.1) is 0 Å². The molecular weight excluding hydrogens is 296 g/mol. The van der Waals surface area contributed by atoms with Gasteiger partial charge >= 0.3 is 0 Å². The number of carbonyl (C=O) groups excluding carboxylic acids is 2. The highest BCUT2D eigenvalue weighted by molar-refractivity contribution is 9.10. The van der Waals surface area contributed by atoms with E-state index in [0.29, 0.717) is 12.1 Å². The van der Waals surface area contributed by atoms with Gasteiger partial charge in [-0.3, -0.25) is 9.59 Å². The second kappa shape index (κ2) is 6.54. The van der Waals surface area contributed by atoms with Crippen molar-refractivity contribution in [1.82, 2.24) is 5.32 Å². The molecule has 98 valence electrons. The Balaban J connectivity index is 2.81. The number of carbonyl (C=O) groups is 2. The van der Waals surface area contributed by atoms with Crippen LogP contribution in [0.4, 0.5) is 5.69 Å². The number of rotatable bonds is 5. The molecule has 0 spiro atoms. The van der Waals surface area contributed by atoms with Gasteiger partial charge in [0.1, 0.15) is 6.29 Å². The van der Waals surface area contributed by atoms with E-state index in [0.717, 1.165) is 16.4 Å². The minimum Gasteiger partial charge on any atom is -0.373 e. The third-order valence-electron chi connectivity index (χ3n) is 2.76. The lowest BCUT2D eigenvalue weighted by Crippen LogP contribution is -2.34. The zero-order valence-electron chi connectivity index (χ0n) is 10.7. The van der Waals surface area contributed by atoms with Crippen LogP contribution in [0.1, 0.15) is 17.3 Å². The maximum absolute atomic E-state index is 11.5. The predicted molar refractivity (Wildman–Crippen MR) is 76.0 cm³/mol. The van der Waals surface area contributed by atoms with Crippen molar-refractivity contribution in [3.8, 4) is 0 Å². The summed E-state index contributed by atoms with van der Waals surface area (Å²) in [5.74, 6) is -0.0832. The summed E-state index contributed by atoms with van der Waals surface area (Å²) < 4.78 is 0.846. The van der Waals surface area contributed by atoms with Crippen molar-refractivity contribution in [2.75, 3.05) is 25.5 Å². The van der Waals surface area contributed by atoms with E-state index in [1.165, 1.54) is 0 Å².